The van der Waals surface area contributed by atoms with Crippen molar-refractivity contribution in [2.75, 3.05) is 5.32 Å². The van der Waals surface area contributed by atoms with Gasteiger partial charge in [-0.15, -0.1) is 0 Å². The molecule has 0 aliphatic carbocycles. The number of rotatable bonds is 2. The molecule has 1 aromatic carbocycles. The van der Waals surface area contributed by atoms with Gasteiger partial charge in [-0.25, -0.2) is 9.97 Å². The number of phenolic OH excluding ortho intramolecular Hbond substituents is 1. The van der Waals surface area contributed by atoms with E-state index in [9.17, 15) is 18.3 Å². The molecule has 0 radical (unpaired) electrons. The van der Waals surface area contributed by atoms with Crippen molar-refractivity contribution in [1.82, 2.24) is 9.97 Å². The van der Waals surface area contributed by atoms with Crippen molar-refractivity contribution in [2.45, 2.75) is 6.18 Å². The Kier molecular flexibility index (Phi) is 3.48. The average molecular weight is 290 g/mol. The number of benzene rings is 1. The predicted molar refractivity (Wildman–Crippen MR) is 63.4 cm³/mol. The Morgan fingerprint density at radius 3 is 2.53 bits per heavy atom. The van der Waals surface area contributed by atoms with Crippen LogP contribution < -0.4 is 5.32 Å². The standard InChI is InChI=1S/C11H7ClF3N3O/c12-8-5-9(18-10(17-8)11(13,14)15)16-6-2-1-3-7(19)4-6/h1-5,19H,(H,16,17,18). The van der Waals surface area contributed by atoms with Crippen LogP contribution in [-0.2, 0) is 6.18 Å². The van der Waals surface area contributed by atoms with Gasteiger partial charge in [-0.2, -0.15) is 13.2 Å². The number of hydrogen-bond donors (Lipinski definition) is 2. The molecule has 0 amide bonds. The van der Waals surface area contributed by atoms with Crippen molar-refractivity contribution in [3.05, 3.63) is 41.3 Å². The Hall–Kier alpha value is -2.02. The Balaban J connectivity index is 2.33. The van der Waals surface area contributed by atoms with Crippen LogP contribution in [-0.4, -0.2) is 15.1 Å². The summed E-state index contributed by atoms with van der Waals surface area (Å²) in [4.78, 5) is 6.42. The van der Waals surface area contributed by atoms with E-state index in [1.807, 2.05) is 0 Å². The lowest BCUT2D eigenvalue weighted by atomic mass is 10.3. The van der Waals surface area contributed by atoms with Gasteiger partial charge in [0.15, 0.2) is 0 Å². The fraction of sp³-hybridized carbons (Fsp3) is 0.0909. The first-order valence-electron chi connectivity index (χ1n) is 5.02. The summed E-state index contributed by atoms with van der Waals surface area (Å²) in [5.74, 6) is -1.47. The maximum atomic E-state index is 12.5. The third-order valence-electron chi connectivity index (χ3n) is 2.07. The third kappa shape index (κ3) is 3.47. The molecule has 1 aromatic heterocycles. The van der Waals surface area contributed by atoms with E-state index in [1.165, 1.54) is 18.2 Å². The molecule has 1 heterocycles. The highest BCUT2D eigenvalue weighted by Gasteiger charge is 2.35. The number of alkyl halides is 3. The van der Waals surface area contributed by atoms with Crippen LogP contribution in [0, 0.1) is 0 Å². The maximum absolute atomic E-state index is 12.5. The van der Waals surface area contributed by atoms with Gasteiger partial charge in [0.1, 0.15) is 16.7 Å². The first kappa shape index (κ1) is 13.4. The van der Waals surface area contributed by atoms with Gasteiger partial charge in [0.25, 0.3) is 0 Å². The van der Waals surface area contributed by atoms with E-state index in [4.69, 9.17) is 11.6 Å². The van der Waals surface area contributed by atoms with E-state index in [2.05, 4.69) is 15.3 Å². The molecule has 0 bridgehead atoms. The van der Waals surface area contributed by atoms with Crippen molar-refractivity contribution in [3.8, 4) is 5.75 Å². The molecule has 0 aliphatic heterocycles. The molecule has 0 spiro atoms. The second-order valence-electron chi connectivity index (χ2n) is 3.57. The van der Waals surface area contributed by atoms with Crippen molar-refractivity contribution in [2.24, 2.45) is 0 Å². The Bertz CT molecular complexity index is 604. The molecule has 2 rings (SSSR count). The van der Waals surface area contributed by atoms with E-state index in [0.717, 1.165) is 6.07 Å². The van der Waals surface area contributed by atoms with Gasteiger partial charge >= 0.3 is 6.18 Å². The highest BCUT2D eigenvalue weighted by molar-refractivity contribution is 6.29. The van der Waals surface area contributed by atoms with Crippen molar-refractivity contribution in [1.29, 1.82) is 0 Å². The topological polar surface area (TPSA) is 58.0 Å². The van der Waals surface area contributed by atoms with E-state index in [1.54, 1.807) is 6.07 Å². The number of nitrogens with zero attached hydrogens (tertiary/aromatic N) is 2. The van der Waals surface area contributed by atoms with Crippen LogP contribution in [0.5, 0.6) is 5.75 Å². The minimum atomic E-state index is -4.68. The zero-order chi connectivity index (χ0) is 14.0. The van der Waals surface area contributed by atoms with Crippen LogP contribution in [0.3, 0.4) is 0 Å². The molecule has 19 heavy (non-hydrogen) atoms. The monoisotopic (exact) mass is 289 g/mol. The number of anilines is 2. The molecule has 0 fully saturated rings. The Morgan fingerprint density at radius 2 is 1.89 bits per heavy atom. The normalized spacial score (nSPS) is 11.4. The summed E-state index contributed by atoms with van der Waals surface area (Å²) in [5.41, 5.74) is 0.378. The number of phenols is 1. The van der Waals surface area contributed by atoms with Gasteiger partial charge in [0.2, 0.25) is 5.82 Å². The zero-order valence-electron chi connectivity index (χ0n) is 9.24. The van der Waals surface area contributed by atoms with Crippen molar-refractivity contribution in [3.63, 3.8) is 0 Å². The largest absolute Gasteiger partial charge is 0.508 e. The van der Waals surface area contributed by atoms with Crippen LogP contribution >= 0.6 is 11.6 Å². The van der Waals surface area contributed by atoms with Crippen molar-refractivity contribution < 1.29 is 18.3 Å². The minimum absolute atomic E-state index is 0.0267. The number of halogens is 4. The van der Waals surface area contributed by atoms with E-state index in [0.29, 0.717) is 5.69 Å². The molecule has 8 heteroatoms. The first-order chi connectivity index (χ1) is 8.84. The fourth-order valence-corrected chi connectivity index (χ4v) is 1.52. The molecule has 4 nitrogen and oxygen atoms in total. The molecule has 0 atom stereocenters. The highest BCUT2D eigenvalue weighted by Crippen LogP contribution is 2.29. The van der Waals surface area contributed by atoms with Gasteiger partial charge in [0, 0.05) is 17.8 Å². The first-order valence-corrected chi connectivity index (χ1v) is 5.40. The molecular formula is C11H7ClF3N3O. The lowest BCUT2D eigenvalue weighted by Gasteiger charge is -2.09. The summed E-state index contributed by atoms with van der Waals surface area (Å²) in [6, 6.07) is 7.01. The van der Waals surface area contributed by atoms with Crippen LogP contribution in [0.1, 0.15) is 5.82 Å². The van der Waals surface area contributed by atoms with Gasteiger partial charge in [-0.3, -0.25) is 0 Å². The van der Waals surface area contributed by atoms with Crippen LogP contribution in [0.2, 0.25) is 5.15 Å². The SMILES string of the molecule is Oc1cccc(Nc2cc(Cl)nc(C(F)(F)F)n2)c1. The van der Waals surface area contributed by atoms with Gasteiger partial charge in [-0.05, 0) is 12.1 Å². The average Bonchev–Trinajstić information content (AvgIpc) is 2.26. The highest BCUT2D eigenvalue weighted by atomic mass is 35.5. The van der Waals surface area contributed by atoms with Crippen LogP contribution in [0.4, 0.5) is 24.7 Å². The molecule has 0 saturated carbocycles. The number of aromatic nitrogens is 2. The van der Waals surface area contributed by atoms with Gasteiger partial charge in [-0.1, -0.05) is 17.7 Å². The molecule has 2 N–H and O–H groups in total. The van der Waals surface area contributed by atoms with E-state index in [-0.39, 0.29) is 16.7 Å². The summed E-state index contributed by atoms with van der Waals surface area (Å²) in [6.45, 7) is 0. The van der Waals surface area contributed by atoms with Crippen molar-refractivity contribution >= 4 is 23.1 Å². The third-order valence-corrected chi connectivity index (χ3v) is 2.26. The smallest absolute Gasteiger partial charge is 0.451 e. The zero-order valence-corrected chi connectivity index (χ0v) is 10.00. The second kappa shape index (κ2) is 4.93. The summed E-state index contributed by atoms with van der Waals surface area (Å²) < 4.78 is 37.5. The molecule has 0 unspecified atom stereocenters. The molecule has 0 aliphatic rings. The molecule has 2 aromatic rings. The Labute approximate surface area is 110 Å². The van der Waals surface area contributed by atoms with Crippen LogP contribution in [0.25, 0.3) is 0 Å². The summed E-state index contributed by atoms with van der Waals surface area (Å²) in [6.07, 6.45) is -4.68. The fourth-order valence-electron chi connectivity index (χ4n) is 1.34. The maximum Gasteiger partial charge on any atom is 0.451 e. The second-order valence-corrected chi connectivity index (χ2v) is 3.96. The van der Waals surface area contributed by atoms with E-state index >= 15 is 0 Å². The van der Waals surface area contributed by atoms with E-state index < -0.39 is 12.0 Å². The summed E-state index contributed by atoms with van der Waals surface area (Å²) >= 11 is 5.51. The lowest BCUT2D eigenvalue weighted by molar-refractivity contribution is -0.144. The summed E-state index contributed by atoms with van der Waals surface area (Å²) in [7, 11) is 0. The lowest BCUT2D eigenvalue weighted by Crippen LogP contribution is -2.12. The van der Waals surface area contributed by atoms with Gasteiger partial charge in [0.05, 0.1) is 0 Å². The number of nitrogens with one attached hydrogen (secondary N) is 1. The quantitative estimate of drug-likeness (QED) is 0.829. The minimum Gasteiger partial charge on any atom is -0.508 e. The summed E-state index contributed by atoms with van der Waals surface area (Å²) in [5, 5.41) is 11.5. The molecule has 100 valence electrons. The Morgan fingerprint density at radius 1 is 1.16 bits per heavy atom. The van der Waals surface area contributed by atoms with Gasteiger partial charge < -0.3 is 10.4 Å². The molecule has 0 saturated heterocycles. The number of aromatic hydroxyl groups is 1. The molecular weight excluding hydrogens is 283 g/mol. The van der Waals surface area contributed by atoms with Crippen LogP contribution in [0.15, 0.2) is 30.3 Å². The number of hydrogen-bond acceptors (Lipinski definition) is 4. The predicted octanol–water partition coefficient (Wildman–Crippen LogP) is 3.60.